The van der Waals surface area contributed by atoms with Gasteiger partial charge in [0.2, 0.25) is 0 Å². The summed E-state index contributed by atoms with van der Waals surface area (Å²) in [6.07, 6.45) is -1.77. The summed E-state index contributed by atoms with van der Waals surface area (Å²) >= 11 is 0. The molecule has 30 heavy (non-hydrogen) atoms. The first-order valence-corrected chi connectivity index (χ1v) is 9.62. The SMILES string of the molecule is C[C@@H]1CN(CCOc2ccc([N+](=O)[O-])cc2C=C(F)F)CCN1C(=O)OC(C)(C)C. The monoisotopic (exact) mass is 427 g/mol. The third kappa shape index (κ3) is 6.94. The highest BCUT2D eigenvalue weighted by Crippen LogP contribution is 2.27. The summed E-state index contributed by atoms with van der Waals surface area (Å²) in [4.78, 5) is 26.3. The van der Waals surface area contributed by atoms with E-state index in [1.807, 2.05) is 27.7 Å². The average Bonchev–Trinajstić information content (AvgIpc) is 2.60. The Morgan fingerprint density at radius 2 is 2.03 bits per heavy atom. The molecule has 1 heterocycles. The van der Waals surface area contributed by atoms with Crippen molar-refractivity contribution in [1.29, 1.82) is 0 Å². The maximum atomic E-state index is 12.7. The summed E-state index contributed by atoms with van der Waals surface area (Å²) in [7, 11) is 0. The summed E-state index contributed by atoms with van der Waals surface area (Å²) in [5.74, 6) is 0.147. The average molecular weight is 427 g/mol. The van der Waals surface area contributed by atoms with Crippen LogP contribution < -0.4 is 4.74 Å². The number of nitrogens with zero attached hydrogens (tertiary/aromatic N) is 3. The molecular weight excluding hydrogens is 400 g/mol. The lowest BCUT2D eigenvalue weighted by molar-refractivity contribution is -0.384. The van der Waals surface area contributed by atoms with Gasteiger partial charge in [-0.1, -0.05) is 0 Å². The lowest BCUT2D eigenvalue weighted by Crippen LogP contribution is -2.55. The predicted molar refractivity (Wildman–Crippen MR) is 108 cm³/mol. The summed E-state index contributed by atoms with van der Waals surface area (Å²) in [5, 5.41) is 10.9. The molecule has 0 aliphatic carbocycles. The van der Waals surface area contributed by atoms with E-state index in [0.717, 1.165) is 6.07 Å². The lowest BCUT2D eigenvalue weighted by atomic mass is 10.1. The van der Waals surface area contributed by atoms with Crippen molar-refractivity contribution in [3.63, 3.8) is 0 Å². The first-order valence-electron chi connectivity index (χ1n) is 9.62. The van der Waals surface area contributed by atoms with Gasteiger partial charge in [-0.05, 0) is 33.8 Å². The summed E-state index contributed by atoms with van der Waals surface area (Å²) in [6, 6.07) is 3.53. The van der Waals surface area contributed by atoms with E-state index in [0.29, 0.717) is 32.3 Å². The van der Waals surface area contributed by atoms with Gasteiger partial charge >= 0.3 is 6.09 Å². The molecule has 1 saturated heterocycles. The molecule has 10 heteroatoms. The number of rotatable bonds is 6. The van der Waals surface area contributed by atoms with Crippen molar-refractivity contribution in [2.45, 2.75) is 39.3 Å². The van der Waals surface area contributed by atoms with Gasteiger partial charge < -0.3 is 14.4 Å². The van der Waals surface area contributed by atoms with Crippen LogP contribution in [-0.4, -0.2) is 65.2 Å². The van der Waals surface area contributed by atoms with Crippen LogP contribution in [0, 0.1) is 10.1 Å². The summed E-state index contributed by atoms with van der Waals surface area (Å²) < 4.78 is 36.4. The molecule has 1 aromatic carbocycles. The molecule has 1 amide bonds. The van der Waals surface area contributed by atoms with Crippen LogP contribution in [0.15, 0.2) is 24.3 Å². The Bertz CT molecular complexity index is 806. The maximum absolute atomic E-state index is 12.7. The van der Waals surface area contributed by atoms with Crippen molar-refractivity contribution in [2.75, 3.05) is 32.8 Å². The number of carbonyl (C=O) groups is 1. The number of hydrogen-bond donors (Lipinski definition) is 0. The molecule has 0 bridgehead atoms. The molecule has 2 rings (SSSR count). The molecular formula is C20H27F2N3O5. The lowest BCUT2D eigenvalue weighted by Gasteiger charge is -2.40. The molecule has 0 N–H and O–H groups in total. The normalized spacial score (nSPS) is 17.4. The zero-order valence-electron chi connectivity index (χ0n) is 17.6. The molecule has 0 aromatic heterocycles. The van der Waals surface area contributed by atoms with Gasteiger partial charge in [0.15, 0.2) is 0 Å². The number of nitro benzene ring substituents is 1. The zero-order valence-corrected chi connectivity index (χ0v) is 17.6. The van der Waals surface area contributed by atoms with Crippen LogP contribution in [0.1, 0.15) is 33.3 Å². The van der Waals surface area contributed by atoms with Crippen molar-refractivity contribution in [1.82, 2.24) is 9.80 Å². The van der Waals surface area contributed by atoms with Gasteiger partial charge in [0.1, 0.15) is 18.0 Å². The number of amides is 1. The summed E-state index contributed by atoms with van der Waals surface area (Å²) in [6.45, 7) is 9.87. The van der Waals surface area contributed by atoms with Gasteiger partial charge in [-0.3, -0.25) is 15.0 Å². The second-order valence-electron chi connectivity index (χ2n) is 8.09. The molecule has 0 spiro atoms. The summed E-state index contributed by atoms with van der Waals surface area (Å²) in [5.41, 5.74) is -0.896. The van der Waals surface area contributed by atoms with Crippen molar-refractivity contribution < 1.29 is 28.0 Å². The number of non-ortho nitro benzene ring substituents is 1. The molecule has 1 aliphatic rings. The van der Waals surface area contributed by atoms with E-state index >= 15 is 0 Å². The van der Waals surface area contributed by atoms with Gasteiger partial charge in [-0.2, -0.15) is 8.78 Å². The van der Waals surface area contributed by atoms with E-state index in [9.17, 15) is 23.7 Å². The second kappa shape index (κ2) is 9.84. The number of hydrogen-bond acceptors (Lipinski definition) is 6. The van der Waals surface area contributed by atoms with E-state index in [4.69, 9.17) is 9.47 Å². The van der Waals surface area contributed by atoms with Crippen LogP contribution in [0.3, 0.4) is 0 Å². The van der Waals surface area contributed by atoms with Crippen LogP contribution >= 0.6 is 0 Å². The fourth-order valence-corrected chi connectivity index (χ4v) is 3.12. The van der Waals surface area contributed by atoms with Gasteiger partial charge in [-0.25, -0.2) is 4.79 Å². The molecule has 1 fully saturated rings. The highest BCUT2D eigenvalue weighted by atomic mass is 19.3. The number of carbonyl (C=O) groups excluding carboxylic acids is 1. The number of piperazine rings is 1. The fraction of sp³-hybridized carbons (Fsp3) is 0.550. The van der Waals surface area contributed by atoms with Crippen molar-refractivity contribution in [2.24, 2.45) is 0 Å². The van der Waals surface area contributed by atoms with Gasteiger partial charge in [-0.15, -0.1) is 0 Å². The Hall–Kier alpha value is -2.75. The minimum atomic E-state index is -1.97. The van der Waals surface area contributed by atoms with Crippen LogP contribution in [0.2, 0.25) is 0 Å². The smallest absolute Gasteiger partial charge is 0.410 e. The van der Waals surface area contributed by atoms with Gasteiger partial charge in [0.25, 0.3) is 11.8 Å². The largest absolute Gasteiger partial charge is 0.492 e. The highest BCUT2D eigenvalue weighted by molar-refractivity contribution is 5.68. The number of benzene rings is 1. The zero-order chi connectivity index (χ0) is 22.5. The Kier molecular flexibility index (Phi) is 7.71. The van der Waals surface area contributed by atoms with Crippen LogP contribution in [0.5, 0.6) is 5.75 Å². The van der Waals surface area contributed by atoms with Crippen LogP contribution in [0.4, 0.5) is 19.3 Å². The minimum absolute atomic E-state index is 0.0488. The Balaban J connectivity index is 1.91. The standard InChI is InChI=1S/C20H27F2N3O5/c1-14-13-23(7-8-24(14)19(26)30-20(2,3)4)9-10-29-17-6-5-16(25(27)28)11-15(17)12-18(21)22/h5-6,11-12,14H,7-10,13H2,1-4H3/t14-/m1/s1. The first kappa shape index (κ1) is 23.5. The molecule has 1 aromatic rings. The van der Waals surface area contributed by atoms with Gasteiger partial charge in [0.05, 0.1) is 4.92 Å². The fourth-order valence-electron chi connectivity index (χ4n) is 3.12. The molecule has 8 nitrogen and oxygen atoms in total. The molecule has 166 valence electrons. The molecule has 0 saturated carbocycles. The maximum Gasteiger partial charge on any atom is 0.410 e. The van der Waals surface area contributed by atoms with E-state index in [1.165, 1.54) is 12.1 Å². The minimum Gasteiger partial charge on any atom is -0.492 e. The van der Waals surface area contributed by atoms with E-state index < -0.39 is 16.6 Å². The third-order valence-electron chi connectivity index (χ3n) is 4.47. The predicted octanol–water partition coefficient (Wildman–Crippen LogP) is 4.15. The van der Waals surface area contributed by atoms with E-state index in [-0.39, 0.29) is 35.7 Å². The van der Waals surface area contributed by atoms with Crippen molar-refractivity contribution in [3.05, 3.63) is 40.0 Å². The van der Waals surface area contributed by atoms with Crippen molar-refractivity contribution in [3.8, 4) is 5.75 Å². The van der Waals surface area contributed by atoms with Crippen LogP contribution in [0.25, 0.3) is 6.08 Å². The van der Waals surface area contributed by atoms with Crippen molar-refractivity contribution >= 4 is 17.9 Å². The number of nitro groups is 1. The number of halogens is 2. The highest BCUT2D eigenvalue weighted by Gasteiger charge is 2.30. The Labute approximate surface area is 174 Å². The quantitative estimate of drug-likeness (QED) is 0.501. The van der Waals surface area contributed by atoms with E-state index in [2.05, 4.69) is 4.90 Å². The number of ether oxygens (including phenoxy) is 2. The Morgan fingerprint density at radius 3 is 2.60 bits per heavy atom. The molecule has 1 aliphatic heterocycles. The van der Waals surface area contributed by atoms with E-state index in [1.54, 1.807) is 4.90 Å². The molecule has 1 atom stereocenters. The first-order chi connectivity index (χ1) is 14.0. The molecule has 0 radical (unpaired) electrons. The van der Waals surface area contributed by atoms with Crippen LogP contribution in [-0.2, 0) is 4.74 Å². The van der Waals surface area contributed by atoms with Gasteiger partial charge in [0, 0.05) is 56.0 Å². The Morgan fingerprint density at radius 1 is 1.33 bits per heavy atom. The second-order valence-corrected chi connectivity index (χ2v) is 8.09. The third-order valence-corrected chi connectivity index (χ3v) is 4.47. The topological polar surface area (TPSA) is 85.2 Å². The molecule has 0 unspecified atom stereocenters.